The quantitative estimate of drug-likeness (QED) is 0.512. The highest BCUT2D eigenvalue weighted by molar-refractivity contribution is 5.93. The maximum Gasteiger partial charge on any atom is 0.253 e. The molecule has 0 saturated heterocycles. The summed E-state index contributed by atoms with van der Waals surface area (Å²) in [5.41, 5.74) is 1.77. The highest BCUT2D eigenvalue weighted by Gasteiger charge is 2.14. The third-order valence-corrected chi connectivity index (χ3v) is 5.55. The molecule has 1 aromatic heterocycles. The zero-order valence-electron chi connectivity index (χ0n) is 18.2. The first-order valence-corrected chi connectivity index (χ1v) is 11.0. The number of hydrogen-bond acceptors (Lipinski definition) is 3. The Hall–Kier alpha value is -2.76. The first-order valence-electron chi connectivity index (χ1n) is 11.0. The van der Waals surface area contributed by atoms with Gasteiger partial charge in [-0.25, -0.2) is 4.99 Å². The molecule has 6 heteroatoms. The standard InChI is InChI=1S/C24H34N4O2/c1-28(2)23(29)21-12-10-20(11-13-21)18-27-24(25-15-14-22-9-6-16-30-22)26-17-19-7-4-3-5-8-19/h6,9-13,16,19H,3-5,7-8,14-15,17-18H2,1-2H3,(H2,25,26,27). The number of nitrogens with one attached hydrogen (secondary N) is 2. The average molecular weight is 411 g/mol. The lowest BCUT2D eigenvalue weighted by Crippen LogP contribution is -2.41. The van der Waals surface area contributed by atoms with E-state index in [0.717, 1.165) is 42.7 Å². The summed E-state index contributed by atoms with van der Waals surface area (Å²) in [5, 5.41) is 6.96. The Labute approximate surface area is 179 Å². The molecule has 0 bridgehead atoms. The van der Waals surface area contributed by atoms with E-state index in [1.807, 2.05) is 36.4 Å². The van der Waals surface area contributed by atoms with E-state index >= 15 is 0 Å². The van der Waals surface area contributed by atoms with Crippen LogP contribution in [0.2, 0.25) is 0 Å². The molecule has 2 N–H and O–H groups in total. The molecule has 30 heavy (non-hydrogen) atoms. The molecule has 1 aliphatic rings. The van der Waals surface area contributed by atoms with Gasteiger partial charge >= 0.3 is 0 Å². The predicted octanol–water partition coefficient (Wildman–Crippen LogP) is 3.84. The molecule has 0 unspecified atom stereocenters. The van der Waals surface area contributed by atoms with Gasteiger partial charge in [-0.05, 0) is 48.6 Å². The van der Waals surface area contributed by atoms with Crippen molar-refractivity contribution in [1.82, 2.24) is 15.5 Å². The van der Waals surface area contributed by atoms with E-state index in [-0.39, 0.29) is 5.91 Å². The molecule has 1 heterocycles. The van der Waals surface area contributed by atoms with Crippen LogP contribution in [0.3, 0.4) is 0 Å². The van der Waals surface area contributed by atoms with E-state index in [4.69, 9.17) is 9.41 Å². The molecule has 1 aromatic carbocycles. The molecule has 6 nitrogen and oxygen atoms in total. The highest BCUT2D eigenvalue weighted by Crippen LogP contribution is 2.22. The average Bonchev–Trinajstić information content (AvgIpc) is 3.29. The SMILES string of the molecule is CN(C)C(=O)c1ccc(CN=C(NCCc2ccco2)NCC2CCCCC2)cc1. The summed E-state index contributed by atoms with van der Waals surface area (Å²) in [7, 11) is 3.53. The number of hydrogen-bond donors (Lipinski definition) is 2. The normalized spacial score (nSPS) is 15.1. The van der Waals surface area contributed by atoms with Crippen molar-refractivity contribution < 1.29 is 9.21 Å². The molecule has 0 spiro atoms. The minimum absolute atomic E-state index is 0.0134. The summed E-state index contributed by atoms with van der Waals surface area (Å²) in [5.74, 6) is 2.54. The number of benzene rings is 1. The van der Waals surface area contributed by atoms with Gasteiger partial charge in [0.2, 0.25) is 0 Å². The van der Waals surface area contributed by atoms with Crippen molar-refractivity contribution in [2.45, 2.75) is 45.1 Å². The van der Waals surface area contributed by atoms with Gasteiger partial charge in [0.15, 0.2) is 5.96 Å². The topological polar surface area (TPSA) is 69.9 Å². The second kappa shape index (κ2) is 11.4. The summed E-state index contributed by atoms with van der Waals surface area (Å²) >= 11 is 0. The van der Waals surface area contributed by atoms with Crippen LogP contribution in [0.5, 0.6) is 0 Å². The Bertz CT molecular complexity index is 791. The molecular formula is C24H34N4O2. The number of amides is 1. The number of guanidine groups is 1. The first kappa shape index (κ1) is 21.9. The minimum atomic E-state index is 0.0134. The summed E-state index contributed by atoms with van der Waals surface area (Å²) in [6, 6.07) is 11.6. The van der Waals surface area contributed by atoms with Gasteiger partial charge in [-0.3, -0.25) is 4.79 Å². The van der Waals surface area contributed by atoms with E-state index in [0.29, 0.717) is 12.1 Å². The molecule has 162 valence electrons. The molecule has 1 saturated carbocycles. The van der Waals surface area contributed by atoms with Crippen molar-refractivity contribution in [3.05, 3.63) is 59.5 Å². The maximum atomic E-state index is 12.0. The largest absolute Gasteiger partial charge is 0.469 e. The number of carbonyl (C=O) groups is 1. The Balaban J connectivity index is 1.57. The van der Waals surface area contributed by atoms with E-state index in [1.54, 1.807) is 25.3 Å². The molecule has 0 atom stereocenters. The zero-order valence-corrected chi connectivity index (χ0v) is 18.2. The number of nitrogens with zero attached hydrogens (tertiary/aromatic N) is 2. The van der Waals surface area contributed by atoms with Crippen molar-refractivity contribution in [1.29, 1.82) is 0 Å². The second-order valence-corrected chi connectivity index (χ2v) is 8.20. The van der Waals surface area contributed by atoms with Crippen molar-refractivity contribution in [3.63, 3.8) is 0 Å². The Morgan fingerprint density at radius 1 is 1.10 bits per heavy atom. The third-order valence-electron chi connectivity index (χ3n) is 5.55. The maximum absolute atomic E-state index is 12.0. The Morgan fingerprint density at radius 2 is 1.87 bits per heavy atom. The number of rotatable bonds is 8. The van der Waals surface area contributed by atoms with Crippen LogP contribution in [0.1, 0.15) is 53.8 Å². The number of carbonyl (C=O) groups excluding carboxylic acids is 1. The van der Waals surface area contributed by atoms with Gasteiger partial charge in [-0.2, -0.15) is 0 Å². The van der Waals surface area contributed by atoms with Crippen LogP contribution in [0.4, 0.5) is 0 Å². The van der Waals surface area contributed by atoms with Crippen LogP contribution in [0.15, 0.2) is 52.1 Å². The Kier molecular flexibility index (Phi) is 8.36. The van der Waals surface area contributed by atoms with Gasteiger partial charge < -0.3 is 20.0 Å². The van der Waals surface area contributed by atoms with E-state index in [1.165, 1.54) is 32.1 Å². The van der Waals surface area contributed by atoms with Crippen LogP contribution < -0.4 is 10.6 Å². The lowest BCUT2D eigenvalue weighted by atomic mass is 9.89. The molecule has 0 radical (unpaired) electrons. The van der Waals surface area contributed by atoms with E-state index in [9.17, 15) is 4.79 Å². The van der Waals surface area contributed by atoms with Gasteiger partial charge in [-0.15, -0.1) is 0 Å². The van der Waals surface area contributed by atoms with Crippen LogP contribution in [0, 0.1) is 5.92 Å². The fourth-order valence-electron chi connectivity index (χ4n) is 3.75. The highest BCUT2D eigenvalue weighted by atomic mass is 16.3. The van der Waals surface area contributed by atoms with Crippen LogP contribution in [0.25, 0.3) is 0 Å². The van der Waals surface area contributed by atoms with Crippen molar-refractivity contribution in [2.75, 3.05) is 27.2 Å². The molecule has 2 aromatic rings. The summed E-state index contributed by atoms with van der Waals surface area (Å²) < 4.78 is 5.42. The number of aliphatic imine (C=N–C) groups is 1. The number of furan rings is 1. The molecule has 1 amide bonds. The summed E-state index contributed by atoms with van der Waals surface area (Å²) in [6.07, 6.45) is 9.16. The van der Waals surface area contributed by atoms with Gasteiger partial charge in [-0.1, -0.05) is 31.4 Å². The zero-order chi connectivity index (χ0) is 21.2. The molecular weight excluding hydrogens is 376 g/mol. The monoisotopic (exact) mass is 410 g/mol. The van der Waals surface area contributed by atoms with E-state index in [2.05, 4.69) is 10.6 Å². The van der Waals surface area contributed by atoms with Crippen LogP contribution in [-0.4, -0.2) is 44.0 Å². The minimum Gasteiger partial charge on any atom is -0.469 e. The van der Waals surface area contributed by atoms with Crippen molar-refractivity contribution in [2.24, 2.45) is 10.9 Å². The van der Waals surface area contributed by atoms with Gasteiger partial charge in [0, 0.05) is 39.2 Å². The molecule has 1 fully saturated rings. The van der Waals surface area contributed by atoms with E-state index < -0.39 is 0 Å². The fourth-order valence-corrected chi connectivity index (χ4v) is 3.75. The third kappa shape index (κ3) is 6.94. The predicted molar refractivity (Wildman–Crippen MR) is 121 cm³/mol. The second-order valence-electron chi connectivity index (χ2n) is 8.20. The van der Waals surface area contributed by atoms with Gasteiger partial charge in [0.1, 0.15) is 5.76 Å². The lowest BCUT2D eigenvalue weighted by molar-refractivity contribution is 0.0827. The van der Waals surface area contributed by atoms with Crippen LogP contribution in [-0.2, 0) is 13.0 Å². The van der Waals surface area contributed by atoms with Gasteiger partial charge in [0.05, 0.1) is 12.8 Å². The summed E-state index contributed by atoms with van der Waals surface area (Å²) in [6.45, 7) is 2.29. The summed E-state index contributed by atoms with van der Waals surface area (Å²) in [4.78, 5) is 18.4. The fraction of sp³-hybridized carbons (Fsp3) is 0.500. The Morgan fingerprint density at radius 3 is 2.53 bits per heavy atom. The smallest absolute Gasteiger partial charge is 0.253 e. The van der Waals surface area contributed by atoms with Gasteiger partial charge in [0.25, 0.3) is 5.91 Å². The molecule has 0 aliphatic heterocycles. The first-order chi connectivity index (χ1) is 14.6. The molecule has 3 rings (SSSR count). The van der Waals surface area contributed by atoms with Crippen LogP contribution >= 0.6 is 0 Å². The lowest BCUT2D eigenvalue weighted by Gasteiger charge is -2.23. The van der Waals surface area contributed by atoms with Crippen molar-refractivity contribution in [3.8, 4) is 0 Å². The van der Waals surface area contributed by atoms with Crippen molar-refractivity contribution >= 4 is 11.9 Å². The molecule has 1 aliphatic carbocycles.